The Morgan fingerprint density at radius 1 is 0.472 bits per heavy atom. The Kier molecular flexibility index (Phi) is 7.05. The van der Waals surface area contributed by atoms with Gasteiger partial charge in [-0.05, 0) is 57.6 Å². The van der Waals surface area contributed by atoms with Gasteiger partial charge in [0.1, 0.15) is 17.2 Å². The Hall–Kier alpha value is -2.94. The van der Waals surface area contributed by atoms with E-state index in [1.165, 1.54) is 0 Å². The lowest BCUT2D eigenvalue weighted by molar-refractivity contribution is 0.413. The second kappa shape index (κ2) is 9.18. The van der Waals surface area contributed by atoms with Crippen LogP contribution in [0.3, 0.4) is 0 Å². The van der Waals surface area contributed by atoms with E-state index in [4.69, 9.17) is 0 Å². The van der Waals surface area contributed by atoms with Crippen LogP contribution in [0.15, 0.2) is 54.6 Å². The maximum Gasteiger partial charge on any atom is 0.120 e. The summed E-state index contributed by atoms with van der Waals surface area (Å²) in [5.74, 6) is 0.433. The quantitative estimate of drug-likeness (QED) is 0.323. The number of phenols is 3. The third-order valence-electron chi connectivity index (χ3n) is 7.50. The molecule has 0 radical (unpaired) electrons. The average molecular weight is 489 g/mol. The molecule has 3 heteroatoms. The van der Waals surface area contributed by atoms with Crippen molar-refractivity contribution in [3.8, 4) is 17.2 Å². The number of phenolic OH excluding ortho intramolecular Hbond substituents is 3. The summed E-state index contributed by atoms with van der Waals surface area (Å²) in [5, 5.41) is 34.1. The van der Waals surface area contributed by atoms with Gasteiger partial charge >= 0.3 is 0 Å². The average Bonchev–Trinajstić information content (AvgIpc) is 2.75. The van der Waals surface area contributed by atoms with E-state index in [0.717, 1.165) is 16.7 Å². The predicted molar refractivity (Wildman–Crippen MR) is 151 cm³/mol. The molecule has 0 aliphatic heterocycles. The van der Waals surface area contributed by atoms with E-state index in [0.29, 0.717) is 23.1 Å². The molecule has 3 rings (SSSR count). The fraction of sp³-hybridized carbons (Fsp3) is 0.455. The van der Waals surface area contributed by atoms with Gasteiger partial charge in [0.05, 0.1) is 5.41 Å². The Bertz CT molecular complexity index is 1090. The summed E-state index contributed by atoms with van der Waals surface area (Å²) in [6.45, 7) is 21.4. The lowest BCUT2D eigenvalue weighted by Crippen LogP contribution is -2.31. The molecule has 194 valence electrons. The SMILES string of the molecule is CCC(c1cc(C(C)(C)C)ccc1O)(c1cc(C(C)(C)C)ccc1O)c1cc(C(C)(C)C)ccc1O. The molecular formula is C33H44O3. The molecular weight excluding hydrogens is 444 g/mol. The molecule has 0 fully saturated rings. The maximum atomic E-state index is 11.4. The molecule has 3 aromatic rings. The highest BCUT2D eigenvalue weighted by Gasteiger charge is 2.42. The van der Waals surface area contributed by atoms with E-state index in [1.807, 2.05) is 36.4 Å². The van der Waals surface area contributed by atoms with E-state index in [2.05, 4.69) is 69.2 Å². The fourth-order valence-electron chi connectivity index (χ4n) is 5.04. The molecule has 0 aliphatic rings. The number of aromatic hydroxyl groups is 3. The monoisotopic (exact) mass is 488 g/mol. The second-order valence-electron chi connectivity index (χ2n) is 13.2. The normalized spacial score (nSPS) is 13.2. The molecule has 3 nitrogen and oxygen atoms in total. The van der Waals surface area contributed by atoms with Crippen molar-refractivity contribution in [2.75, 3.05) is 0 Å². The Labute approximate surface area is 217 Å². The molecule has 0 saturated heterocycles. The molecule has 3 aromatic carbocycles. The minimum atomic E-state index is -0.984. The van der Waals surface area contributed by atoms with E-state index in [1.54, 1.807) is 18.2 Å². The molecule has 3 N–H and O–H groups in total. The van der Waals surface area contributed by atoms with Gasteiger partial charge in [-0.3, -0.25) is 0 Å². The van der Waals surface area contributed by atoms with Gasteiger partial charge < -0.3 is 15.3 Å². The predicted octanol–water partition coefficient (Wildman–Crippen LogP) is 8.44. The Morgan fingerprint density at radius 2 is 0.722 bits per heavy atom. The molecule has 0 unspecified atom stereocenters. The zero-order valence-electron chi connectivity index (χ0n) is 23.7. The first-order valence-electron chi connectivity index (χ1n) is 12.9. The number of hydrogen-bond acceptors (Lipinski definition) is 3. The number of hydrogen-bond donors (Lipinski definition) is 3. The van der Waals surface area contributed by atoms with Crippen LogP contribution in [0.4, 0.5) is 0 Å². The smallest absolute Gasteiger partial charge is 0.120 e. The van der Waals surface area contributed by atoms with Gasteiger partial charge in [-0.25, -0.2) is 0 Å². The van der Waals surface area contributed by atoms with Crippen molar-refractivity contribution >= 4 is 0 Å². The van der Waals surface area contributed by atoms with Crippen LogP contribution in [0, 0.1) is 0 Å². The summed E-state index contributed by atoms with van der Waals surface area (Å²) in [4.78, 5) is 0. The topological polar surface area (TPSA) is 60.7 Å². The van der Waals surface area contributed by atoms with Gasteiger partial charge in [0.2, 0.25) is 0 Å². The van der Waals surface area contributed by atoms with Crippen molar-refractivity contribution in [1.82, 2.24) is 0 Å². The van der Waals surface area contributed by atoms with Crippen LogP contribution in [-0.4, -0.2) is 15.3 Å². The lowest BCUT2D eigenvalue weighted by atomic mass is 9.64. The standard InChI is InChI=1S/C33H44O3/c1-11-33(24-18-21(30(2,3)4)12-15-27(24)34,25-19-22(31(5,6)7)13-16-28(25)35)26-20-23(32(8,9)10)14-17-29(26)36/h12-20,34-36H,11H2,1-10H3. The first-order valence-corrected chi connectivity index (χ1v) is 12.9. The summed E-state index contributed by atoms with van der Waals surface area (Å²) >= 11 is 0. The van der Waals surface area contributed by atoms with Crippen molar-refractivity contribution in [2.45, 2.75) is 97.3 Å². The molecule has 36 heavy (non-hydrogen) atoms. The van der Waals surface area contributed by atoms with Crippen molar-refractivity contribution in [2.24, 2.45) is 0 Å². The van der Waals surface area contributed by atoms with E-state index < -0.39 is 5.41 Å². The summed E-state index contributed by atoms with van der Waals surface area (Å²) < 4.78 is 0. The van der Waals surface area contributed by atoms with E-state index >= 15 is 0 Å². The van der Waals surface area contributed by atoms with Crippen LogP contribution in [0.25, 0.3) is 0 Å². The zero-order valence-corrected chi connectivity index (χ0v) is 23.7. The van der Waals surface area contributed by atoms with Crippen LogP contribution in [0.5, 0.6) is 17.2 Å². The van der Waals surface area contributed by atoms with Gasteiger partial charge in [0.25, 0.3) is 0 Å². The molecule has 0 bridgehead atoms. The highest BCUT2D eigenvalue weighted by Crippen LogP contribution is 2.52. The molecule has 0 aromatic heterocycles. The van der Waals surface area contributed by atoms with Crippen LogP contribution in [0.1, 0.15) is 109 Å². The van der Waals surface area contributed by atoms with Crippen molar-refractivity contribution in [3.63, 3.8) is 0 Å². The molecule has 0 heterocycles. The van der Waals surface area contributed by atoms with Gasteiger partial charge in [-0.1, -0.05) is 106 Å². The lowest BCUT2D eigenvalue weighted by Gasteiger charge is -2.38. The summed E-state index contributed by atoms with van der Waals surface area (Å²) in [5.41, 5.74) is 3.84. The Morgan fingerprint density at radius 3 is 0.917 bits per heavy atom. The largest absolute Gasteiger partial charge is 0.508 e. The zero-order chi connectivity index (χ0) is 27.3. The molecule has 0 aliphatic carbocycles. The first-order chi connectivity index (χ1) is 16.4. The van der Waals surface area contributed by atoms with Gasteiger partial charge in [-0.2, -0.15) is 0 Å². The van der Waals surface area contributed by atoms with Gasteiger partial charge in [0, 0.05) is 16.7 Å². The van der Waals surface area contributed by atoms with Crippen LogP contribution in [-0.2, 0) is 21.7 Å². The highest BCUT2D eigenvalue weighted by molar-refractivity contribution is 5.63. The molecule has 0 amide bonds. The third kappa shape index (κ3) is 4.98. The highest BCUT2D eigenvalue weighted by atomic mass is 16.3. The van der Waals surface area contributed by atoms with Gasteiger partial charge in [-0.15, -0.1) is 0 Å². The third-order valence-corrected chi connectivity index (χ3v) is 7.50. The summed E-state index contributed by atoms with van der Waals surface area (Å²) in [6.07, 6.45) is 0.524. The fourth-order valence-corrected chi connectivity index (χ4v) is 5.04. The van der Waals surface area contributed by atoms with E-state index in [9.17, 15) is 15.3 Å². The maximum absolute atomic E-state index is 11.4. The minimum Gasteiger partial charge on any atom is -0.508 e. The second-order valence-corrected chi connectivity index (χ2v) is 13.2. The van der Waals surface area contributed by atoms with Gasteiger partial charge in [0.15, 0.2) is 0 Å². The number of benzene rings is 3. The molecule has 0 atom stereocenters. The van der Waals surface area contributed by atoms with E-state index in [-0.39, 0.29) is 33.5 Å². The molecule has 0 saturated carbocycles. The first kappa shape index (κ1) is 27.6. The minimum absolute atomic E-state index is 0.144. The summed E-state index contributed by atoms with van der Waals surface area (Å²) in [7, 11) is 0. The van der Waals surface area contributed by atoms with Crippen molar-refractivity contribution in [3.05, 3.63) is 88.0 Å². The van der Waals surface area contributed by atoms with Crippen LogP contribution >= 0.6 is 0 Å². The van der Waals surface area contributed by atoms with Crippen LogP contribution < -0.4 is 0 Å². The number of rotatable bonds is 4. The van der Waals surface area contributed by atoms with Crippen molar-refractivity contribution < 1.29 is 15.3 Å². The molecule has 0 spiro atoms. The Balaban J connectivity index is 2.57. The van der Waals surface area contributed by atoms with Crippen molar-refractivity contribution in [1.29, 1.82) is 0 Å². The summed E-state index contributed by atoms with van der Waals surface area (Å²) in [6, 6.07) is 17.2. The van der Waals surface area contributed by atoms with Crippen LogP contribution in [0.2, 0.25) is 0 Å².